The molecule has 2 aromatic rings. The number of carbonyl (C=O) groups is 3. The van der Waals surface area contributed by atoms with E-state index in [4.69, 9.17) is 4.74 Å². The molecule has 226 valence electrons. The van der Waals surface area contributed by atoms with Gasteiger partial charge in [0, 0.05) is 26.5 Å². The number of ketones is 1. The van der Waals surface area contributed by atoms with Crippen molar-refractivity contribution in [3.05, 3.63) is 84.0 Å². The summed E-state index contributed by atoms with van der Waals surface area (Å²) < 4.78 is 37.2. The van der Waals surface area contributed by atoms with E-state index in [2.05, 4.69) is 0 Å². The molecule has 0 bridgehead atoms. The number of halogens is 2. The molecule has 3 saturated carbocycles. The number of fused-ring (bicyclic) bond motifs is 5. The van der Waals surface area contributed by atoms with E-state index < -0.39 is 57.1 Å². The quantitative estimate of drug-likeness (QED) is 0.338. The minimum absolute atomic E-state index is 0.112. The Kier molecular flexibility index (Phi) is 7.75. The van der Waals surface area contributed by atoms with Gasteiger partial charge in [-0.05, 0) is 105 Å². The molecule has 0 aromatic heterocycles. The van der Waals surface area contributed by atoms with E-state index in [-0.39, 0.29) is 24.2 Å². The van der Waals surface area contributed by atoms with Gasteiger partial charge >= 0.3 is 5.97 Å². The summed E-state index contributed by atoms with van der Waals surface area (Å²) in [5.41, 5.74) is -5.22. The molecule has 0 spiro atoms. The van der Waals surface area contributed by atoms with Crippen LogP contribution in [0.2, 0.25) is 0 Å². The summed E-state index contributed by atoms with van der Waals surface area (Å²) in [4.78, 5) is 41.4. The highest BCUT2D eigenvalue weighted by molar-refractivity contribution is 8.13. The van der Waals surface area contributed by atoms with Gasteiger partial charge in [-0.15, -0.1) is 0 Å². The van der Waals surface area contributed by atoms with Gasteiger partial charge in [0.15, 0.2) is 17.1 Å². The first kappa shape index (κ1) is 30.3. The van der Waals surface area contributed by atoms with Crippen LogP contribution < -0.4 is 0 Å². The molecule has 0 heterocycles. The number of hydrogen-bond acceptors (Lipinski definition) is 7. The van der Waals surface area contributed by atoms with E-state index >= 15 is 4.39 Å². The third-order valence-corrected chi connectivity index (χ3v) is 12.3. The van der Waals surface area contributed by atoms with E-state index in [1.54, 1.807) is 56.0 Å². The van der Waals surface area contributed by atoms with Crippen molar-refractivity contribution in [2.45, 2.75) is 73.1 Å². The number of ether oxygens (including phenoxy) is 1. The highest BCUT2D eigenvalue weighted by Crippen LogP contribution is 2.70. The molecule has 3 fully saturated rings. The van der Waals surface area contributed by atoms with Gasteiger partial charge in [0.25, 0.3) is 0 Å². The van der Waals surface area contributed by atoms with Gasteiger partial charge in [0.1, 0.15) is 6.01 Å². The molecule has 4 aliphatic carbocycles. The molecule has 6 rings (SSSR count). The second-order valence-corrected chi connectivity index (χ2v) is 14.5. The Labute approximate surface area is 258 Å². The normalized spacial score (nSPS) is 36.3. The molecule has 4 aliphatic rings. The summed E-state index contributed by atoms with van der Waals surface area (Å²) >= 11 is 1.99. The molecule has 5 nitrogen and oxygen atoms in total. The summed E-state index contributed by atoms with van der Waals surface area (Å²) in [5.74, 6) is -1.98. The number of aliphatic hydroxyl groups is 1. The minimum atomic E-state index is -2.08. The predicted octanol–water partition coefficient (Wildman–Crippen LogP) is 7.29. The Balaban J connectivity index is 1.31. The first-order chi connectivity index (χ1) is 20.5. The number of allylic oxidation sites excluding steroid dienone is 4. The zero-order chi connectivity index (χ0) is 30.6. The van der Waals surface area contributed by atoms with Crippen molar-refractivity contribution in [3.63, 3.8) is 0 Å². The van der Waals surface area contributed by atoms with E-state index in [9.17, 15) is 23.9 Å². The fourth-order valence-electron chi connectivity index (χ4n) is 8.41. The third kappa shape index (κ3) is 4.56. The number of thioether (sulfide) groups is 1. The molecule has 0 aliphatic heterocycles. The fourth-order valence-corrected chi connectivity index (χ4v) is 9.96. The standard InChI is InChI=1S/C34H34F2O5S2/c1-31-16-14-23(37)18-22(31)10-13-27-26-15-17-33(30(40)42-20-35,32(26,2)19-28(38)34(27,31)36)41-29(39)21-8-11-25(12-9-21)43-24-6-4-3-5-7-24/h3-9,11-12,14,16,18,26-28,38H,10,13,15,17,19-20H2,1-2H3. The zero-order valence-electron chi connectivity index (χ0n) is 24.1. The molecular formula is C34H34F2O5S2. The molecule has 0 radical (unpaired) electrons. The lowest BCUT2D eigenvalue weighted by atomic mass is 9.45. The van der Waals surface area contributed by atoms with Crippen molar-refractivity contribution < 1.29 is 33.0 Å². The maximum Gasteiger partial charge on any atom is 0.339 e. The third-order valence-electron chi connectivity index (χ3n) is 10.6. The number of rotatable bonds is 6. The average molecular weight is 625 g/mol. The van der Waals surface area contributed by atoms with Gasteiger partial charge < -0.3 is 9.84 Å². The van der Waals surface area contributed by atoms with Crippen molar-refractivity contribution in [2.24, 2.45) is 22.7 Å². The second kappa shape index (κ2) is 11.0. The van der Waals surface area contributed by atoms with Crippen LogP contribution in [0.3, 0.4) is 0 Å². The van der Waals surface area contributed by atoms with Crippen molar-refractivity contribution >= 4 is 40.4 Å². The van der Waals surface area contributed by atoms with Crippen molar-refractivity contribution in [2.75, 3.05) is 6.01 Å². The Morgan fingerprint density at radius 1 is 1.02 bits per heavy atom. The first-order valence-electron chi connectivity index (χ1n) is 14.6. The van der Waals surface area contributed by atoms with Gasteiger partial charge in [-0.25, -0.2) is 13.6 Å². The van der Waals surface area contributed by atoms with Gasteiger partial charge in [-0.2, -0.15) is 0 Å². The molecule has 43 heavy (non-hydrogen) atoms. The van der Waals surface area contributed by atoms with Gasteiger partial charge in [0.2, 0.25) is 5.12 Å². The molecular weight excluding hydrogens is 590 g/mol. The van der Waals surface area contributed by atoms with Crippen LogP contribution in [0, 0.1) is 22.7 Å². The lowest BCUT2D eigenvalue weighted by Crippen LogP contribution is -2.69. The monoisotopic (exact) mass is 624 g/mol. The Bertz CT molecular complexity index is 1510. The maximum atomic E-state index is 17.5. The Hall–Kier alpha value is -2.75. The Morgan fingerprint density at radius 3 is 2.42 bits per heavy atom. The smallest absolute Gasteiger partial charge is 0.339 e. The summed E-state index contributed by atoms with van der Waals surface area (Å²) in [6, 6.07) is 15.7. The predicted molar refractivity (Wildman–Crippen MR) is 162 cm³/mol. The second-order valence-electron chi connectivity index (χ2n) is 12.5. The van der Waals surface area contributed by atoms with Gasteiger partial charge in [-0.1, -0.05) is 48.5 Å². The number of carbonyl (C=O) groups excluding carboxylic acids is 3. The number of aliphatic hydroxyl groups excluding tert-OH is 1. The van der Waals surface area contributed by atoms with Crippen LogP contribution in [0.25, 0.3) is 0 Å². The topological polar surface area (TPSA) is 80.7 Å². The van der Waals surface area contributed by atoms with Crippen molar-refractivity contribution in [1.82, 2.24) is 0 Å². The highest BCUT2D eigenvalue weighted by Gasteiger charge is 2.75. The van der Waals surface area contributed by atoms with Crippen molar-refractivity contribution in [3.8, 4) is 0 Å². The highest BCUT2D eigenvalue weighted by atomic mass is 32.2. The maximum absolute atomic E-state index is 17.5. The van der Waals surface area contributed by atoms with E-state index in [0.717, 1.165) is 9.79 Å². The van der Waals surface area contributed by atoms with Crippen LogP contribution in [-0.4, -0.2) is 45.4 Å². The van der Waals surface area contributed by atoms with Gasteiger partial charge in [0.05, 0.1) is 11.7 Å². The molecule has 0 amide bonds. The number of esters is 1. The van der Waals surface area contributed by atoms with E-state index in [0.29, 0.717) is 36.6 Å². The number of hydrogen-bond donors (Lipinski definition) is 1. The minimum Gasteiger partial charge on any atom is -0.446 e. The van der Waals surface area contributed by atoms with Crippen LogP contribution in [0.5, 0.6) is 0 Å². The Morgan fingerprint density at radius 2 is 1.72 bits per heavy atom. The van der Waals surface area contributed by atoms with Crippen LogP contribution in [0.1, 0.15) is 56.3 Å². The molecule has 7 unspecified atom stereocenters. The summed E-state index contributed by atoms with van der Waals surface area (Å²) in [5, 5.41) is 11.0. The van der Waals surface area contributed by atoms with E-state index in [1.165, 1.54) is 12.2 Å². The molecule has 1 N–H and O–H groups in total. The van der Waals surface area contributed by atoms with Crippen LogP contribution >= 0.6 is 23.5 Å². The molecule has 2 aromatic carbocycles. The van der Waals surface area contributed by atoms with Crippen LogP contribution in [0.15, 0.2) is 88.2 Å². The van der Waals surface area contributed by atoms with Crippen LogP contribution in [0.4, 0.5) is 8.78 Å². The van der Waals surface area contributed by atoms with Gasteiger partial charge in [-0.3, -0.25) is 9.59 Å². The van der Waals surface area contributed by atoms with Crippen LogP contribution in [-0.2, 0) is 14.3 Å². The first-order valence-corrected chi connectivity index (χ1v) is 16.4. The molecule has 0 saturated heterocycles. The van der Waals surface area contributed by atoms with Crippen molar-refractivity contribution in [1.29, 1.82) is 0 Å². The lowest BCUT2D eigenvalue weighted by Gasteiger charge is -2.62. The zero-order valence-corrected chi connectivity index (χ0v) is 25.7. The molecule has 9 heteroatoms. The largest absolute Gasteiger partial charge is 0.446 e. The summed E-state index contributed by atoms with van der Waals surface area (Å²) in [6.07, 6.45) is 4.13. The SMILES string of the molecule is CC12C=CC(=O)C=C1CCC1C3CCC(OC(=O)c4ccc(Sc5ccccc5)cc4)(C(=O)SCF)C3(C)CC(O)C12F. The average Bonchev–Trinajstić information content (AvgIpc) is 3.27. The van der Waals surface area contributed by atoms with E-state index in [1.807, 2.05) is 30.3 Å². The lowest BCUT2D eigenvalue weighted by molar-refractivity contribution is -0.214. The number of alkyl halides is 2. The summed E-state index contributed by atoms with van der Waals surface area (Å²) in [7, 11) is 0. The fraction of sp³-hybridized carbons (Fsp3) is 0.441. The molecule has 7 atom stereocenters. The number of benzene rings is 2. The summed E-state index contributed by atoms with van der Waals surface area (Å²) in [6.45, 7) is 3.51.